The molecule has 0 spiro atoms. The summed E-state index contributed by atoms with van der Waals surface area (Å²) in [6.45, 7) is 0. The number of carbonyl (C=O) groups excluding carboxylic acids is 1. The van der Waals surface area contributed by atoms with Crippen LogP contribution in [0.4, 0.5) is 10.3 Å². The number of Topliss-reactive ketones (excluding diaryl/α,β-unsaturated/α-hetero) is 1. The molecule has 0 saturated carbocycles. The van der Waals surface area contributed by atoms with Crippen molar-refractivity contribution in [2.75, 3.05) is 5.32 Å². The van der Waals surface area contributed by atoms with E-state index in [4.69, 9.17) is 0 Å². The molecule has 0 bridgehead atoms. The normalized spacial score (nSPS) is 19.1. The van der Waals surface area contributed by atoms with E-state index in [9.17, 15) is 9.18 Å². The van der Waals surface area contributed by atoms with Crippen molar-refractivity contribution in [1.82, 2.24) is 14.8 Å². The second kappa shape index (κ2) is 5.88. The monoisotopic (exact) mass is 366 g/mol. The molecule has 1 N–H and O–H groups in total. The molecule has 130 valence electrons. The van der Waals surface area contributed by atoms with E-state index in [1.807, 2.05) is 17.5 Å². The van der Waals surface area contributed by atoms with E-state index in [2.05, 4.69) is 15.4 Å². The lowest BCUT2D eigenvalue weighted by Crippen LogP contribution is -2.31. The Labute approximate surface area is 153 Å². The zero-order valence-electron chi connectivity index (χ0n) is 13.8. The highest BCUT2D eigenvalue weighted by Crippen LogP contribution is 2.41. The second-order valence-corrected chi connectivity index (χ2v) is 7.37. The third-order valence-electron chi connectivity index (χ3n) is 4.80. The van der Waals surface area contributed by atoms with E-state index in [0.29, 0.717) is 23.8 Å². The minimum atomic E-state index is -0.364. The first-order valence-electron chi connectivity index (χ1n) is 8.50. The molecule has 3 heterocycles. The Kier molecular flexibility index (Phi) is 3.49. The number of allylic oxidation sites excluding steroid dienone is 2. The van der Waals surface area contributed by atoms with E-state index in [-0.39, 0.29) is 17.6 Å². The summed E-state index contributed by atoms with van der Waals surface area (Å²) >= 11 is 1.58. The number of anilines is 1. The number of thiophene rings is 1. The largest absolute Gasteiger partial charge is 0.328 e. The van der Waals surface area contributed by atoms with Crippen LogP contribution in [0.2, 0.25) is 0 Å². The lowest BCUT2D eigenvalue weighted by Gasteiger charge is -2.31. The molecule has 0 fully saturated rings. The van der Waals surface area contributed by atoms with Gasteiger partial charge in [-0.1, -0.05) is 18.2 Å². The smallest absolute Gasteiger partial charge is 0.226 e. The average Bonchev–Trinajstić information content (AvgIpc) is 3.30. The van der Waals surface area contributed by atoms with Crippen LogP contribution in [0.3, 0.4) is 0 Å². The van der Waals surface area contributed by atoms with Crippen molar-refractivity contribution in [3.8, 4) is 11.4 Å². The summed E-state index contributed by atoms with van der Waals surface area (Å²) in [4.78, 5) is 18.2. The van der Waals surface area contributed by atoms with Crippen LogP contribution < -0.4 is 5.32 Å². The second-order valence-electron chi connectivity index (χ2n) is 6.40. The van der Waals surface area contributed by atoms with E-state index < -0.39 is 0 Å². The minimum Gasteiger partial charge on any atom is -0.328 e. The van der Waals surface area contributed by atoms with Crippen LogP contribution in [0, 0.1) is 5.82 Å². The molecule has 1 atom stereocenters. The van der Waals surface area contributed by atoms with Gasteiger partial charge < -0.3 is 5.32 Å². The quantitative estimate of drug-likeness (QED) is 0.740. The number of nitrogens with zero attached hydrogens (tertiary/aromatic N) is 3. The Hall–Kier alpha value is -2.80. The predicted octanol–water partition coefficient (Wildman–Crippen LogP) is 4.17. The van der Waals surface area contributed by atoms with Crippen LogP contribution in [0.5, 0.6) is 0 Å². The molecule has 5 rings (SSSR count). The molecule has 26 heavy (non-hydrogen) atoms. The van der Waals surface area contributed by atoms with Gasteiger partial charge in [0, 0.05) is 22.6 Å². The number of hydrogen-bond donors (Lipinski definition) is 1. The van der Waals surface area contributed by atoms with Crippen molar-refractivity contribution in [3.63, 3.8) is 0 Å². The van der Waals surface area contributed by atoms with Gasteiger partial charge in [0.05, 0.1) is 5.56 Å². The van der Waals surface area contributed by atoms with Crippen molar-refractivity contribution >= 4 is 23.1 Å². The Morgan fingerprint density at radius 1 is 1.19 bits per heavy atom. The fraction of sp³-hybridized carbons (Fsp3) is 0.211. The molecule has 0 saturated heterocycles. The highest BCUT2D eigenvalue weighted by atomic mass is 32.1. The first-order chi connectivity index (χ1) is 12.7. The molecule has 0 radical (unpaired) electrons. The van der Waals surface area contributed by atoms with Crippen LogP contribution in [-0.2, 0) is 4.79 Å². The third-order valence-corrected chi connectivity index (χ3v) is 5.72. The highest BCUT2D eigenvalue weighted by Gasteiger charge is 2.37. The standard InChI is InChI=1S/C19H15FN4OS/c20-12-6-2-1-5-11(12)18-22-19-21-13-7-3-8-14(25)16(13)17(24(19)23-18)15-9-4-10-26-15/h1-2,4-6,9-10,17H,3,7-8H2,(H,21,22,23). The number of rotatable bonds is 2. The SMILES string of the molecule is O=C1CCCC2=C1C(c1cccs1)n1nc(-c3ccccc3F)nc1N2. The van der Waals surface area contributed by atoms with Crippen molar-refractivity contribution in [2.45, 2.75) is 25.3 Å². The van der Waals surface area contributed by atoms with Crippen LogP contribution in [0.1, 0.15) is 30.2 Å². The Balaban J connectivity index is 1.69. The maximum Gasteiger partial charge on any atom is 0.226 e. The van der Waals surface area contributed by atoms with Gasteiger partial charge in [-0.3, -0.25) is 4.79 Å². The van der Waals surface area contributed by atoms with Crippen molar-refractivity contribution in [3.05, 3.63) is 63.7 Å². The number of benzene rings is 1. The van der Waals surface area contributed by atoms with Crippen LogP contribution in [0.25, 0.3) is 11.4 Å². The summed E-state index contributed by atoms with van der Waals surface area (Å²) in [5, 5.41) is 9.81. The number of aromatic nitrogens is 3. The fourth-order valence-electron chi connectivity index (χ4n) is 3.62. The molecule has 5 nitrogen and oxygen atoms in total. The molecule has 0 amide bonds. The number of hydrogen-bond acceptors (Lipinski definition) is 5. The number of nitrogens with one attached hydrogen (secondary N) is 1. The van der Waals surface area contributed by atoms with Crippen LogP contribution in [-0.4, -0.2) is 20.5 Å². The minimum absolute atomic E-state index is 0.144. The molecule has 2 aliphatic rings. The van der Waals surface area contributed by atoms with Gasteiger partial charge >= 0.3 is 0 Å². The zero-order valence-corrected chi connectivity index (χ0v) is 14.6. The third kappa shape index (κ3) is 2.31. The number of carbonyl (C=O) groups is 1. The van der Waals surface area contributed by atoms with E-state index in [0.717, 1.165) is 29.0 Å². The number of fused-ring (bicyclic) bond motifs is 1. The van der Waals surface area contributed by atoms with Crippen molar-refractivity contribution < 1.29 is 9.18 Å². The van der Waals surface area contributed by atoms with Gasteiger partial charge in [0.1, 0.15) is 11.9 Å². The first kappa shape index (κ1) is 15.5. The van der Waals surface area contributed by atoms with Gasteiger partial charge in [-0.25, -0.2) is 9.07 Å². The zero-order chi connectivity index (χ0) is 17.7. The Morgan fingerprint density at radius 3 is 2.88 bits per heavy atom. The molecular weight excluding hydrogens is 351 g/mol. The molecule has 3 aromatic rings. The van der Waals surface area contributed by atoms with Gasteiger partial charge in [0.15, 0.2) is 11.6 Å². The molecule has 1 aliphatic heterocycles. The lowest BCUT2D eigenvalue weighted by atomic mass is 9.88. The molecule has 1 aromatic carbocycles. The summed E-state index contributed by atoms with van der Waals surface area (Å²) in [7, 11) is 0. The van der Waals surface area contributed by atoms with Gasteiger partial charge in [0.2, 0.25) is 5.95 Å². The van der Waals surface area contributed by atoms with Gasteiger partial charge in [0.25, 0.3) is 0 Å². The summed E-state index contributed by atoms with van der Waals surface area (Å²) in [6, 6.07) is 10.1. The molecule has 2 aromatic heterocycles. The van der Waals surface area contributed by atoms with Crippen LogP contribution in [0.15, 0.2) is 53.0 Å². The molecule has 7 heteroatoms. The first-order valence-corrected chi connectivity index (χ1v) is 9.38. The maximum atomic E-state index is 14.2. The number of halogens is 1. The average molecular weight is 366 g/mol. The highest BCUT2D eigenvalue weighted by molar-refractivity contribution is 7.10. The van der Waals surface area contributed by atoms with Crippen molar-refractivity contribution in [2.24, 2.45) is 0 Å². The van der Waals surface area contributed by atoms with Gasteiger partial charge in [-0.05, 0) is 36.4 Å². The van der Waals surface area contributed by atoms with Gasteiger partial charge in [-0.2, -0.15) is 4.98 Å². The Bertz CT molecular complexity index is 1040. The van der Waals surface area contributed by atoms with E-state index >= 15 is 0 Å². The van der Waals surface area contributed by atoms with E-state index in [1.165, 1.54) is 6.07 Å². The fourth-order valence-corrected chi connectivity index (χ4v) is 4.44. The summed E-state index contributed by atoms with van der Waals surface area (Å²) in [6.07, 6.45) is 2.19. The predicted molar refractivity (Wildman–Crippen MR) is 97.4 cm³/mol. The Morgan fingerprint density at radius 2 is 2.08 bits per heavy atom. The summed E-state index contributed by atoms with van der Waals surface area (Å²) in [5.74, 6) is 0.650. The molecular formula is C19H15FN4OS. The maximum absolute atomic E-state index is 14.2. The molecule has 1 aliphatic carbocycles. The van der Waals surface area contributed by atoms with Crippen LogP contribution >= 0.6 is 11.3 Å². The lowest BCUT2D eigenvalue weighted by molar-refractivity contribution is -0.116. The summed E-state index contributed by atoms with van der Waals surface area (Å²) < 4.78 is 15.9. The topological polar surface area (TPSA) is 59.8 Å². The number of ketones is 1. The van der Waals surface area contributed by atoms with E-state index in [1.54, 1.807) is 34.2 Å². The molecule has 1 unspecified atom stereocenters. The van der Waals surface area contributed by atoms with Gasteiger partial charge in [-0.15, -0.1) is 16.4 Å². The summed E-state index contributed by atoms with van der Waals surface area (Å²) in [5.41, 5.74) is 2.03. The van der Waals surface area contributed by atoms with Crippen molar-refractivity contribution in [1.29, 1.82) is 0 Å².